The van der Waals surface area contributed by atoms with Crippen LogP contribution in [0.1, 0.15) is 40.3 Å². The number of para-hydroxylation sites is 1. The first-order chi connectivity index (χ1) is 13.5. The summed E-state index contributed by atoms with van der Waals surface area (Å²) < 4.78 is 11.6. The van der Waals surface area contributed by atoms with Crippen molar-refractivity contribution in [3.63, 3.8) is 0 Å². The summed E-state index contributed by atoms with van der Waals surface area (Å²) in [6.45, 7) is 8.65. The highest BCUT2D eigenvalue weighted by Gasteiger charge is 2.40. The number of aryl methyl sites for hydroxylation is 3. The lowest BCUT2D eigenvalue weighted by atomic mass is 10.0. The summed E-state index contributed by atoms with van der Waals surface area (Å²) >= 11 is 0. The molecule has 0 aliphatic carbocycles. The third kappa shape index (κ3) is 3.72. The number of aromatic nitrogens is 2. The standard InChI is InChI=1S/C21H26N4O3/c1-14-5-4-6-15(2)19(14)24-20(26)17-13-18(23-16(3)22-17)25-9-7-21(8-10-25)27-11-12-28-21/h4-6,13H,7-12H2,1-3H3,(H,24,26). The molecule has 1 N–H and O–H groups in total. The maximum Gasteiger partial charge on any atom is 0.274 e. The van der Waals surface area contributed by atoms with Gasteiger partial charge in [-0.1, -0.05) is 18.2 Å². The number of benzene rings is 1. The predicted molar refractivity (Wildman–Crippen MR) is 107 cm³/mol. The van der Waals surface area contributed by atoms with E-state index in [2.05, 4.69) is 20.2 Å². The fourth-order valence-corrected chi connectivity index (χ4v) is 3.88. The second-order valence-electron chi connectivity index (χ2n) is 7.47. The molecule has 148 valence electrons. The maximum atomic E-state index is 12.8. The number of ether oxygens (including phenoxy) is 2. The fraction of sp³-hybridized carbons (Fsp3) is 0.476. The van der Waals surface area contributed by atoms with E-state index in [9.17, 15) is 4.79 Å². The van der Waals surface area contributed by atoms with Crippen molar-refractivity contribution >= 4 is 17.4 Å². The average molecular weight is 382 g/mol. The highest BCUT2D eigenvalue weighted by Crippen LogP contribution is 2.33. The number of amides is 1. The Balaban J connectivity index is 1.52. The molecule has 0 bridgehead atoms. The van der Waals surface area contributed by atoms with E-state index in [1.165, 1.54) is 0 Å². The van der Waals surface area contributed by atoms with Gasteiger partial charge in [-0.15, -0.1) is 0 Å². The quantitative estimate of drug-likeness (QED) is 0.879. The minimum Gasteiger partial charge on any atom is -0.356 e. The number of anilines is 2. The molecular weight excluding hydrogens is 356 g/mol. The van der Waals surface area contributed by atoms with Gasteiger partial charge in [-0.3, -0.25) is 4.79 Å². The van der Waals surface area contributed by atoms with E-state index in [-0.39, 0.29) is 5.91 Å². The first kappa shape index (κ1) is 18.8. The van der Waals surface area contributed by atoms with Crippen LogP contribution in [0.2, 0.25) is 0 Å². The van der Waals surface area contributed by atoms with E-state index in [0.717, 1.165) is 48.6 Å². The van der Waals surface area contributed by atoms with E-state index >= 15 is 0 Å². The highest BCUT2D eigenvalue weighted by atomic mass is 16.7. The molecule has 0 saturated carbocycles. The summed E-state index contributed by atoms with van der Waals surface area (Å²) in [7, 11) is 0. The second-order valence-corrected chi connectivity index (χ2v) is 7.47. The molecule has 2 fully saturated rings. The molecule has 1 spiro atoms. The first-order valence-corrected chi connectivity index (χ1v) is 9.72. The van der Waals surface area contributed by atoms with Crippen LogP contribution >= 0.6 is 0 Å². The van der Waals surface area contributed by atoms with Crippen molar-refractivity contribution in [3.8, 4) is 0 Å². The van der Waals surface area contributed by atoms with Crippen LogP contribution in [0.5, 0.6) is 0 Å². The SMILES string of the molecule is Cc1nc(C(=O)Nc2c(C)cccc2C)cc(N2CCC3(CC2)OCCO3)n1. The van der Waals surface area contributed by atoms with Crippen LogP contribution in [-0.4, -0.2) is 48.0 Å². The molecular formula is C21H26N4O3. The van der Waals surface area contributed by atoms with Gasteiger partial charge in [0.25, 0.3) is 5.91 Å². The van der Waals surface area contributed by atoms with Crippen LogP contribution in [-0.2, 0) is 9.47 Å². The summed E-state index contributed by atoms with van der Waals surface area (Å²) in [5, 5.41) is 3.00. The molecule has 28 heavy (non-hydrogen) atoms. The Morgan fingerprint density at radius 3 is 2.36 bits per heavy atom. The summed E-state index contributed by atoms with van der Waals surface area (Å²) in [6, 6.07) is 7.71. The summed E-state index contributed by atoms with van der Waals surface area (Å²) in [5.74, 6) is 0.700. The van der Waals surface area contributed by atoms with Gasteiger partial charge < -0.3 is 19.7 Å². The molecule has 2 saturated heterocycles. The predicted octanol–water partition coefficient (Wildman–Crippen LogP) is 3.00. The normalized spacial score (nSPS) is 18.5. The summed E-state index contributed by atoms with van der Waals surface area (Å²) in [5.41, 5.74) is 3.26. The first-order valence-electron chi connectivity index (χ1n) is 9.72. The van der Waals surface area contributed by atoms with E-state index in [1.54, 1.807) is 6.07 Å². The highest BCUT2D eigenvalue weighted by molar-refractivity contribution is 6.04. The monoisotopic (exact) mass is 382 g/mol. The molecule has 1 aromatic carbocycles. The summed E-state index contributed by atoms with van der Waals surface area (Å²) in [6.07, 6.45) is 1.58. The Hall–Kier alpha value is -2.51. The molecule has 0 radical (unpaired) electrons. The van der Waals surface area contributed by atoms with Gasteiger partial charge in [0.1, 0.15) is 17.3 Å². The van der Waals surface area contributed by atoms with Crippen LogP contribution < -0.4 is 10.2 Å². The van der Waals surface area contributed by atoms with Gasteiger partial charge in [0.2, 0.25) is 0 Å². The van der Waals surface area contributed by atoms with Gasteiger partial charge in [-0.25, -0.2) is 9.97 Å². The molecule has 3 heterocycles. The van der Waals surface area contributed by atoms with E-state index < -0.39 is 5.79 Å². The largest absolute Gasteiger partial charge is 0.356 e. The van der Waals surface area contributed by atoms with Gasteiger partial charge >= 0.3 is 0 Å². The van der Waals surface area contributed by atoms with Gasteiger partial charge in [-0.2, -0.15) is 0 Å². The van der Waals surface area contributed by atoms with Crippen molar-refractivity contribution in [1.82, 2.24) is 9.97 Å². The van der Waals surface area contributed by atoms with Crippen LogP contribution in [0.25, 0.3) is 0 Å². The van der Waals surface area contributed by atoms with Gasteiger partial charge in [-0.05, 0) is 31.9 Å². The number of hydrogen-bond acceptors (Lipinski definition) is 6. The van der Waals surface area contributed by atoms with Gasteiger partial charge in [0.05, 0.1) is 13.2 Å². The second kappa shape index (κ2) is 7.48. The van der Waals surface area contributed by atoms with E-state index in [0.29, 0.717) is 24.7 Å². The molecule has 0 atom stereocenters. The number of carbonyl (C=O) groups is 1. The van der Waals surface area contributed by atoms with Gasteiger partial charge in [0, 0.05) is 37.7 Å². The Kier molecular flexibility index (Phi) is 5.03. The molecule has 2 aliphatic heterocycles. The number of piperidine rings is 1. The van der Waals surface area contributed by atoms with Crippen molar-refractivity contribution in [3.05, 3.63) is 46.9 Å². The zero-order valence-corrected chi connectivity index (χ0v) is 16.6. The molecule has 2 aliphatic rings. The molecule has 4 rings (SSSR count). The molecule has 0 unspecified atom stereocenters. The van der Waals surface area contributed by atoms with Crippen LogP contribution in [0, 0.1) is 20.8 Å². The Morgan fingerprint density at radius 1 is 1.07 bits per heavy atom. The lowest BCUT2D eigenvalue weighted by molar-refractivity contribution is -0.169. The van der Waals surface area contributed by atoms with Crippen molar-refractivity contribution in [2.75, 3.05) is 36.5 Å². The van der Waals surface area contributed by atoms with Crippen molar-refractivity contribution < 1.29 is 14.3 Å². The Bertz CT molecular complexity index is 863. The molecule has 7 nitrogen and oxygen atoms in total. The minimum absolute atomic E-state index is 0.222. The van der Waals surface area contributed by atoms with E-state index in [1.807, 2.05) is 39.0 Å². The molecule has 2 aromatic rings. The van der Waals surface area contributed by atoms with Gasteiger partial charge in [0.15, 0.2) is 5.79 Å². The number of hydrogen-bond donors (Lipinski definition) is 1. The third-order valence-electron chi connectivity index (χ3n) is 5.44. The number of rotatable bonds is 3. The van der Waals surface area contributed by atoms with Crippen molar-refractivity contribution in [1.29, 1.82) is 0 Å². The maximum absolute atomic E-state index is 12.8. The molecule has 1 amide bonds. The zero-order chi connectivity index (χ0) is 19.7. The average Bonchev–Trinajstić information content (AvgIpc) is 3.13. The van der Waals surface area contributed by atoms with E-state index in [4.69, 9.17) is 9.47 Å². The number of nitrogens with zero attached hydrogens (tertiary/aromatic N) is 3. The molecule has 7 heteroatoms. The fourth-order valence-electron chi connectivity index (χ4n) is 3.88. The molecule has 1 aromatic heterocycles. The van der Waals surface area contributed by atoms with Crippen molar-refractivity contribution in [2.24, 2.45) is 0 Å². The topological polar surface area (TPSA) is 76.6 Å². The lowest BCUT2D eigenvalue weighted by Gasteiger charge is -2.38. The lowest BCUT2D eigenvalue weighted by Crippen LogP contribution is -2.45. The smallest absolute Gasteiger partial charge is 0.274 e. The number of nitrogens with one attached hydrogen (secondary N) is 1. The van der Waals surface area contributed by atoms with Crippen LogP contribution in [0.3, 0.4) is 0 Å². The zero-order valence-electron chi connectivity index (χ0n) is 16.6. The Labute approximate surface area is 165 Å². The van der Waals surface area contributed by atoms with Crippen LogP contribution in [0.15, 0.2) is 24.3 Å². The third-order valence-corrected chi connectivity index (χ3v) is 5.44. The van der Waals surface area contributed by atoms with Crippen molar-refractivity contribution in [2.45, 2.75) is 39.4 Å². The Morgan fingerprint density at radius 2 is 1.71 bits per heavy atom. The minimum atomic E-state index is -0.429. The number of carbonyl (C=O) groups excluding carboxylic acids is 1. The summed E-state index contributed by atoms with van der Waals surface area (Å²) in [4.78, 5) is 23.9. The van der Waals surface area contributed by atoms with Crippen LogP contribution in [0.4, 0.5) is 11.5 Å².